The van der Waals surface area contributed by atoms with Gasteiger partial charge in [-0.15, -0.1) is 10.2 Å². The third-order valence-electron chi connectivity index (χ3n) is 6.35. The van der Waals surface area contributed by atoms with Crippen LogP contribution in [0.5, 0.6) is 5.75 Å². The van der Waals surface area contributed by atoms with E-state index in [4.69, 9.17) is 17.3 Å². The summed E-state index contributed by atoms with van der Waals surface area (Å²) < 4.78 is 67.6. The lowest BCUT2D eigenvalue weighted by Crippen LogP contribution is -2.07. The van der Waals surface area contributed by atoms with E-state index in [0.717, 1.165) is 17.7 Å². The maximum atomic E-state index is 12.3. The van der Waals surface area contributed by atoms with Crippen LogP contribution in [0.15, 0.2) is 80.7 Å². The van der Waals surface area contributed by atoms with Crippen molar-refractivity contribution in [3.05, 3.63) is 77.1 Å². The summed E-state index contributed by atoms with van der Waals surface area (Å²) in [5.74, 6) is -0.496. The minimum Gasteiger partial charge on any atom is -0.507 e. The van der Waals surface area contributed by atoms with E-state index >= 15 is 0 Å². The molecule has 0 atom stereocenters. The average molecular weight is 671 g/mol. The first-order valence-electron chi connectivity index (χ1n) is 12.7. The van der Waals surface area contributed by atoms with Crippen molar-refractivity contribution < 1.29 is 31.0 Å². The van der Waals surface area contributed by atoms with Crippen molar-refractivity contribution in [1.82, 2.24) is 15.0 Å². The minimum absolute atomic E-state index is 0.0536. The van der Waals surface area contributed by atoms with Gasteiger partial charge < -0.3 is 21.5 Å². The molecule has 0 aliphatic carbocycles. The van der Waals surface area contributed by atoms with Gasteiger partial charge in [-0.05, 0) is 84.4 Å². The van der Waals surface area contributed by atoms with E-state index in [2.05, 4.69) is 35.8 Å². The van der Waals surface area contributed by atoms with Gasteiger partial charge in [-0.2, -0.15) is 31.8 Å². The largest absolute Gasteiger partial charge is 0.507 e. The lowest BCUT2D eigenvalue weighted by Gasteiger charge is -2.12. The highest BCUT2D eigenvalue weighted by atomic mass is 35.5. The molecule has 15 nitrogen and oxygen atoms in total. The number of fused-ring (bicyclic) bond motifs is 1. The number of para-hydroxylation sites is 1. The van der Waals surface area contributed by atoms with Crippen LogP contribution in [0.25, 0.3) is 10.8 Å². The van der Waals surface area contributed by atoms with Gasteiger partial charge in [-0.25, -0.2) is 0 Å². The van der Waals surface area contributed by atoms with E-state index in [1.165, 1.54) is 36.4 Å². The molecule has 232 valence electrons. The summed E-state index contributed by atoms with van der Waals surface area (Å²) in [6, 6.07) is 14.2. The van der Waals surface area contributed by atoms with E-state index in [9.17, 15) is 31.0 Å². The summed E-state index contributed by atoms with van der Waals surface area (Å²) in [7, 11) is -9.44. The number of nitrogens with one attached hydrogen (secondary N) is 2. The molecule has 1 heterocycles. The molecular weight excluding hydrogens is 648 g/mol. The van der Waals surface area contributed by atoms with Crippen LogP contribution in [0.3, 0.4) is 0 Å². The van der Waals surface area contributed by atoms with Crippen LogP contribution in [0.1, 0.15) is 11.1 Å². The number of aryl methyl sites for hydroxylation is 2. The van der Waals surface area contributed by atoms with Crippen LogP contribution in [-0.4, -0.2) is 46.0 Å². The number of azo groups is 1. The van der Waals surface area contributed by atoms with Crippen molar-refractivity contribution in [1.29, 1.82) is 0 Å². The molecule has 0 amide bonds. The number of phenolic OH excluding ortho intramolecular Hbond substituents is 1. The fourth-order valence-corrected chi connectivity index (χ4v) is 5.85. The van der Waals surface area contributed by atoms with Gasteiger partial charge in [0.25, 0.3) is 20.2 Å². The zero-order valence-electron chi connectivity index (χ0n) is 23.3. The summed E-state index contributed by atoms with van der Waals surface area (Å²) in [4.78, 5) is 10.8. The van der Waals surface area contributed by atoms with Gasteiger partial charge in [0.15, 0.2) is 0 Å². The molecule has 4 aromatic carbocycles. The summed E-state index contributed by atoms with van der Waals surface area (Å²) in [6.07, 6.45) is 0. The van der Waals surface area contributed by atoms with Crippen molar-refractivity contribution in [2.45, 2.75) is 23.6 Å². The standard InChI is InChI=1S/C27H23ClN8O7S2/c1-13-9-15-11-14(2)23(29)24(22(15)19(37)10-13)36-35-18-8-7-16(12-21(18)45(41,42)43)30-26-32-25(28)33-27(34-26)31-17-5-3-4-6-20(17)44(38,39)40/h3-12,37H,29H2,1-2H3,(H,38,39,40)(H,41,42,43)(H2,30,31,32,33,34). The maximum Gasteiger partial charge on any atom is 0.296 e. The Balaban J connectivity index is 1.50. The summed E-state index contributed by atoms with van der Waals surface area (Å²) in [5, 5.41) is 24.8. The molecule has 0 saturated carbocycles. The maximum absolute atomic E-state index is 12.3. The van der Waals surface area contributed by atoms with Crippen LogP contribution in [-0.2, 0) is 20.2 Å². The Morgan fingerprint density at radius 1 is 0.822 bits per heavy atom. The van der Waals surface area contributed by atoms with Gasteiger partial charge in [0.05, 0.1) is 16.8 Å². The molecule has 0 fully saturated rings. The second kappa shape index (κ2) is 11.9. The van der Waals surface area contributed by atoms with Gasteiger partial charge in [0.1, 0.15) is 26.9 Å². The number of nitrogens with zero attached hydrogens (tertiary/aromatic N) is 5. The van der Waals surface area contributed by atoms with Crippen molar-refractivity contribution in [3.63, 3.8) is 0 Å². The zero-order valence-corrected chi connectivity index (χ0v) is 25.6. The topological polar surface area (TPSA) is 242 Å². The molecule has 0 radical (unpaired) electrons. The van der Waals surface area contributed by atoms with Gasteiger partial charge in [0, 0.05) is 5.69 Å². The summed E-state index contributed by atoms with van der Waals surface area (Å²) in [6.45, 7) is 3.56. The molecule has 5 rings (SSSR count). The predicted molar refractivity (Wildman–Crippen MR) is 168 cm³/mol. The number of halogens is 1. The molecule has 0 bridgehead atoms. The number of rotatable bonds is 8. The highest BCUT2D eigenvalue weighted by molar-refractivity contribution is 7.86. The Morgan fingerprint density at radius 3 is 2.18 bits per heavy atom. The lowest BCUT2D eigenvalue weighted by atomic mass is 10.0. The van der Waals surface area contributed by atoms with Gasteiger partial charge >= 0.3 is 0 Å². The van der Waals surface area contributed by atoms with Crippen LogP contribution in [0.4, 0.5) is 40.3 Å². The predicted octanol–water partition coefficient (Wildman–Crippen LogP) is 5.98. The summed E-state index contributed by atoms with van der Waals surface area (Å²) >= 11 is 6.02. The SMILES string of the molecule is Cc1cc(O)c2c(N=Nc3ccc(Nc4nc(Cl)nc(Nc5ccccc5S(=O)(=O)O)n4)cc3S(=O)(=O)O)c(N)c(C)cc2c1. The molecule has 0 spiro atoms. The Labute approximate surface area is 261 Å². The molecule has 0 aliphatic rings. The van der Waals surface area contributed by atoms with Crippen LogP contribution in [0, 0.1) is 13.8 Å². The van der Waals surface area contributed by atoms with E-state index in [0.29, 0.717) is 16.3 Å². The molecular formula is C27H23ClN8O7S2. The zero-order chi connectivity index (χ0) is 32.7. The summed E-state index contributed by atoms with van der Waals surface area (Å²) in [5.41, 5.74) is 7.79. The van der Waals surface area contributed by atoms with Crippen LogP contribution in [0.2, 0.25) is 5.28 Å². The molecule has 0 unspecified atom stereocenters. The minimum atomic E-state index is -4.85. The number of aromatic nitrogens is 3. The number of hydrogen-bond acceptors (Lipinski definition) is 13. The molecule has 1 aromatic heterocycles. The van der Waals surface area contributed by atoms with Gasteiger partial charge in [-0.1, -0.05) is 18.2 Å². The number of phenols is 1. The number of nitrogen functional groups attached to an aromatic ring is 1. The Kier molecular flexibility index (Phi) is 8.30. The molecule has 0 aliphatic heterocycles. The lowest BCUT2D eigenvalue weighted by molar-refractivity contribution is 0.480. The second-order valence-electron chi connectivity index (χ2n) is 9.67. The smallest absolute Gasteiger partial charge is 0.296 e. The molecule has 18 heteroatoms. The normalized spacial score (nSPS) is 12.1. The molecule has 5 aromatic rings. The third kappa shape index (κ3) is 6.92. The van der Waals surface area contributed by atoms with Crippen molar-refractivity contribution in [2.75, 3.05) is 16.4 Å². The molecule has 7 N–H and O–H groups in total. The average Bonchev–Trinajstić information content (AvgIpc) is 2.92. The quantitative estimate of drug-likeness (QED) is 0.0633. The monoisotopic (exact) mass is 670 g/mol. The number of nitrogens with two attached hydrogens (primary N) is 1. The van der Waals surface area contributed by atoms with Crippen molar-refractivity contribution >= 4 is 82.9 Å². The van der Waals surface area contributed by atoms with Crippen molar-refractivity contribution in [2.24, 2.45) is 10.2 Å². The molecule has 45 heavy (non-hydrogen) atoms. The van der Waals surface area contributed by atoms with Gasteiger partial charge in [-0.3, -0.25) is 9.11 Å². The Hall–Kier alpha value is -4.94. The van der Waals surface area contributed by atoms with E-state index < -0.39 is 30.0 Å². The highest BCUT2D eigenvalue weighted by Gasteiger charge is 2.20. The first-order chi connectivity index (χ1) is 21.1. The fraction of sp³-hybridized carbons (Fsp3) is 0.0741. The van der Waals surface area contributed by atoms with Crippen LogP contribution >= 0.6 is 11.6 Å². The Bertz CT molecular complexity index is 2250. The highest BCUT2D eigenvalue weighted by Crippen LogP contribution is 2.42. The first-order valence-corrected chi connectivity index (χ1v) is 15.9. The Morgan fingerprint density at radius 2 is 1.49 bits per heavy atom. The molecule has 0 saturated heterocycles. The number of aromatic hydroxyl groups is 1. The van der Waals surface area contributed by atoms with E-state index in [1.807, 2.05) is 13.0 Å². The van der Waals surface area contributed by atoms with Gasteiger partial charge in [0.2, 0.25) is 17.2 Å². The number of hydrogen-bond donors (Lipinski definition) is 6. The fourth-order valence-electron chi connectivity index (χ4n) is 4.39. The first kappa shape index (κ1) is 31.5. The van der Waals surface area contributed by atoms with E-state index in [-0.39, 0.29) is 51.4 Å². The number of benzene rings is 4. The second-order valence-corrected chi connectivity index (χ2v) is 12.8. The van der Waals surface area contributed by atoms with E-state index in [1.54, 1.807) is 13.0 Å². The van der Waals surface area contributed by atoms with Crippen LogP contribution < -0.4 is 16.4 Å². The van der Waals surface area contributed by atoms with Crippen molar-refractivity contribution in [3.8, 4) is 5.75 Å². The number of anilines is 5. The third-order valence-corrected chi connectivity index (χ3v) is 8.32.